The van der Waals surface area contributed by atoms with E-state index in [9.17, 15) is 4.79 Å². The highest BCUT2D eigenvalue weighted by atomic mass is 16.5. The zero-order valence-electron chi connectivity index (χ0n) is 12.9. The lowest BCUT2D eigenvalue weighted by atomic mass is 9.95. The molecule has 0 aliphatic heterocycles. The summed E-state index contributed by atoms with van der Waals surface area (Å²) < 4.78 is 5.36. The Labute approximate surface area is 121 Å². The highest BCUT2D eigenvalue weighted by molar-refractivity contribution is 5.86. The molecular formula is C16H26N2O2. The number of carbonyl (C=O) groups excluding carboxylic acids is 1. The highest BCUT2D eigenvalue weighted by Crippen LogP contribution is 2.27. The number of rotatable bonds is 7. The van der Waals surface area contributed by atoms with E-state index in [2.05, 4.69) is 5.32 Å². The average Bonchev–Trinajstić information content (AvgIpc) is 2.44. The van der Waals surface area contributed by atoms with Crippen molar-refractivity contribution in [3.05, 3.63) is 29.8 Å². The molecular weight excluding hydrogens is 252 g/mol. The number of amides is 1. The lowest BCUT2D eigenvalue weighted by molar-refractivity contribution is -0.126. The van der Waals surface area contributed by atoms with Crippen molar-refractivity contribution in [1.29, 1.82) is 0 Å². The number of carbonyl (C=O) groups is 1. The molecule has 0 aromatic heterocycles. The lowest BCUT2D eigenvalue weighted by Crippen LogP contribution is -2.52. The molecule has 1 amide bonds. The van der Waals surface area contributed by atoms with E-state index >= 15 is 0 Å². The van der Waals surface area contributed by atoms with Gasteiger partial charge in [0.25, 0.3) is 0 Å². The van der Waals surface area contributed by atoms with Crippen LogP contribution in [-0.2, 0) is 4.79 Å². The maximum Gasteiger partial charge on any atom is 0.240 e. The summed E-state index contributed by atoms with van der Waals surface area (Å²) in [6.45, 7) is 5.84. The summed E-state index contributed by atoms with van der Waals surface area (Å²) in [5.74, 6) is 0.672. The topological polar surface area (TPSA) is 64.4 Å². The number of para-hydroxylation sites is 1. The Kier molecular flexibility index (Phi) is 6.02. The SMILES string of the molecule is CCCC(C)(N)C(=O)NC(CC)c1ccccc1OC. The molecule has 3 N–H and O–H groups in total. The van der Waals surface area contributed by atoms with E-state index in [0.29, 0.717) is 6.42 Å². The maximum atomic E-state index is 12.3. The average molecular weight is 278 g/mol. The predicted molar refractivity (Wildman–Crippen MR) is 81.7 cm³/mol. The van der Waals surface area contributed by atoms with Gasteiger partial charge in [0.2, 0.25) is 5.91 Å². The highest BCUT2D eigenvalue weighted by Gasteiger charge is 2.29. The number of ether oxygens (including phenoxy) is 1. The van der Waals surface area contributed by atoms with Crippen LogP contribution in [0.5, 0.6) is 5.75 Å². The molecule has 1 rings (SSSR count). The van der Waals surface area contributed by atoms with Gasteiger partial charge in [-0.2, -0.15) is 0 Å². The summed E-state index contributed by atoms with van der Waals surface area (Å²) in [4.78, 5) is 12.3. The van der Waals surface area contributed by atoms with E-state index in [-0.39, 0.29) is 11.9 Å². The van der Waals surface area contributed by atoms with Gasteiger partial charge in [-0.1, -0.05) is 38.5 Å². The molecule has 0 spiro atoms. The van der Waals surface area contributed by atoms with Crippen LogP contribution < -0.4 is 15.8 Å². The molecule has 2 atom stereocenters. The first-order valence-corrected chi connectivity index (χ1v) is 7.19. The zero-order valence-corrected chi connectivity index (χ0v) is 12.9. The van der Waals surface area contributed by atoms with Gasteiger partial charge in [-0.05, 0) is 25.8 Å². The summed E-state index contributed by atoms with van der Waals surface area (Å²) >= 11 is 0. The van der Waals surface area contributed by atoms with E-state index in [4.69, 9.17) is 10.5 Å². The maximum absolute atomic E-state index is 12.3. The van der Waals surface area contributed by atoms with Gasteiger partial charge in [-0.15, -0.1) is 0 Å². The predicted octanol–water partition coefficient (Wildman–Crippen LogP) is 2.78. The molecule has 4 nitrogen and oxygen atoms in total. The lowest BCUT2D eigenvalue weighted by Gasteiger charge is -2.27. The Hall–Kier alpha value is -1.55. The van der Waals surface area contributed by atoms with Gasteiger partial charge in [0.05, 0.1) is 18.7 Å². The van der Waals surface area contributed by atoms with Gasteiger partial charge in [-0.3, -0.25) is 4.79 Å². The number of nitrogens with one attached hydrogen (secondary N) is 1. The van der Waals surface area contributed by atoms with E-state index in [0.717, 1.165) is 24.2 Å². The van der Waals surface area contributed by atoms with E-state index < -0.39 is 5.54 Å². The van der Waals surface area contributed by atoms with Crippen LogP contribution in [0.3, 0.4) is 0 Å². The molecule has 20 heavy (non-hydrogen) atoms. The van der Waals surface area contributed by atoms with Crippen LogP contribution >= 0.6 is 0 Å². The van der Waals surface area contributed by atoms with E-state index in [1.54, 1.807) is 14.0 Å². The normalized spacial score (nSPS) is 15.2. The van der Waals surface area contributed by atoms with Crippen molar-refractivity contribution in [3.8, 4) is 5.75 Å². The minimum Gasteiger partial charge on any atom is -0.496 e. The molecule has 112 valence electrons. The number of hydrogen-bond acceptors (Lipinski definition) is 3. The van der Waals surface area contributed by atoms with Gasteiger partial charge >= 0.3 is 0 Å². The van der Waals surface area contributed by atoms with Crippen molar-refractivity contribution in [2.24, 2.45) is 5.73 Å². The Morgan fingerprint density at radius 1 is 1.40 bits per heavy atom. The van der Waals surface area contributed by atoms with Crippen LogP contribution in [0.2, 0.25) is 0 Å². The Bertz CT molecular complexity index is 444. The van der Waals surface area contributed by atoms with Gasteiger partial charge < -0.3 is 15.8 Å². The van der Waals surface area contributed by atoms with Gasteiger partial charge in [-0.25, -0.2) is 0 Å². The van der Waals surface area contributed by atoms with Crippen LogP contribution in [0.4, 0.5) is 0 Å². The van der Waals surface area contributed by atoms with E-state index in [1.807, 2.05) is 38.1 Å². The molecule has 0 aliphatic rings. The van der Waals surface area contributed by atoms with Crippen molar-refractivity contribution in [2.75, 3.05) is 7.11 Å². The van der Waals surface area contributed by atoms with Crippen molar-refractivity contribution in [2.45, 2.75) is 51.6 Å². The van der Waals surface area contributed by atoms with Crippen LogP contribution in [0.1, 0.15) is 51.6 Å². The second-order valence-corrected chi connectivity index (χ2v) is 5.34. The van der Waals surface area contributed by atoms with Crippen molar-refractivity contribution in [1.82, 2.24) is 5.32 Å². The van der Waals surface area contributed by atoms with Crippen LogP contribution in [0.15, 0.2) is 24.3 Å². The van der Waals surface area contributed by atoms with Crippen molar-refractivity contribution in [3.63, 3.8) is 0 Å². The van der Waals surface area contributed by atoms with Crippen molar-refractivity contribution >= 4 is 5.91 Å². The molecule has 1 aromatic carbocycles. The fraction of sp³-hybridized carbons (Fsp3) is 0.562. The summed E-state index contributed by atoms with van der Waals surface area (Å²) in [6, 6.07) is 7.65. The monoisotopic (exact) mass is 278 g/mol. The minimum atomic E-state index is -0.829. The minimum absolute atomic E-state index is 0.0848. The Morgan fingerprint density at radius 2 is 2.05 bits per heavy atom. The zero-order chi connectivity index (χ0) is 15.2. The first-order valence-electron chi connectivity index (χ1n) is 7.19. The Balaban J connectivity index is 2.90. The number of benzene rings is 1. The third-order valence-corrected chi connectivity index (χ3v) is 3.52. The summed E-state index contributed by atoms with van der Waals surface area (Å²) in [6.07, 6.45) is 2.33. The van der Waals surface area contributed by atoms with Gasteiger partial charge in [0.15, 0.2) is 0 Å². The molecule has 2 unspecified atom stereocenters. The van der Waals surface area contributed by atoms with Crippen LogP contribution in [0.25, 0.3) is 0 Å². The third kappa shape index (κ3) is 3.97. The molecule has 1 aromatic rings. The number of hydrogen-bond donors (Lipinski definition) is 2. The fourth-order valence-corrected chi connectivity index (χ4v) is 2.31. The van der Waals surface area contributed by atoms with Crippen molar-refractivity contribution < 1.29 is 9.53 Å². The smallest absolute Gasteiger partial charge is 0.240 e. The van der Waals surface area contributed by atoms with Gasteiger partial charge in [0, 0.05) is 5.56 Å². The van der Waals surface area contributed by atoms with Crippen LogP contribution in [-0.4, -0.2) is 18.6 Å². The molecule has 4 heteroatoms. The number of nitrogens with two attached hydrogens (primary N) is 1. The first-order chi connectivity index (χ1) is 9.46. The van der Waals surface area contributed by atoms with E-state index in [1.165, 1.54) is 0 Å². The van der Waals surface area contributed by atoms with Gasteiger partial charge in [0.1, 0.15) is 5.75 Å². The third-order valence-electron chi connectivity index (χ3n) is 3.52. The molecule has 0 fully saturated rings. The molecule has 0 aliphatic carbocycles. The Morgan fingerprint density at radius 3 is 2.60 bits per heavy atom. The quantitative estimate of drug-likeness (QED) is 0.806. The second kappa shape index (κ2) is 7.29. The second-order valence-electron chi connectivity index (χ2n) is 5.34. The molecule has 0 saturated heterocycles. The molecule has 0 bridgehead atoms. The standard InChI is InChI=1S/C16H26N2O2/c1-5-11-16(3,17)15(19)18-13(6-2)12-9-7-8-10-14(12)20-4/h7-10,13H,5-6,11,17H2,1-4H3,(H,18,19). The van der Waals surface area contributed by atoms with Crippen LogP contribution in [0, 0.1) is 0 Å². The largest absolute Gasteiger partial charge is 0.496 e. The fourth-order valence-electron chi connectivity index (χ4n) is 2.31. The summed E-state index contributed by atoms with van der Waals surface area (Å²) in [5, 5.41) is 3.04. The summed E-state index contributed by atoms with van der Waals surface area (Å²) in [7, 11) is 1.64. The number of methoxy groups -OCH3 is 1. The molecule has 0 heterocycles. The molecule has 0 radical (unpaired) electrons. The summed E-state index contributed by atoms with van der Waals surface area (Å²) in [5.41, 5.74) is 6.23. The first kappa shape index (κ1) is 16.5. The molecule has 0 saturated carbocycles.